The van der Waals surface area contributed by atoms with E-state index < -0.39 is 11.7 Å². The molecule has 5 rings (SSSR count). The van der Waals surface area contributed by atoms with E-state index in [1.54, 1.807) is 49.5 Å². The minimum absolute atomic E-state index is 0.206. The fourth-order valence-electron chi connectivity index (χ4n) is 3.00. The van der Waals surface area contributed by atoms with Gasteiger partial charge in [0.05, 0.1) is 11.2 Å². The van der Waals surface area contributed by atoms with Gasteiger partial charge in [-0.15, -0.1) is 10.2 Å². The van der Waals surface area contributed by atoms with Crippen molar-refractivity contribution in [1.82, 2.24) is 30.0 Å². The molecule has 0 aliphatic rings. The predicted molar refractivity (Wildman–Crippen MR) is 95.8 cm³/mol. The first-order valence-electron chi connectivity index (χ1n) is 8.42. The monoisotopic (exact) mass is 378 g/mol. The molecular formula is C19H12F2N6O. The van der Waals surface area contributed by atoms with Crippen LogP contribution >= 0.6 is 0 Å². The molecule has 28 heavy (non-hydrogen) atoms. The lowest BCUT2D eigenvalue weighted by Crippen LogP contribution is -2.20. The van der Waals surface area contributed by atoms with E-state index in [9.17, 15) is 0 Å². The Kier molecular flexibility index (Phi) is 3.45. The number of fused-ring (bicyclic) bond motifs is 2. The first-order valence-corrected chi connectivity index (χ1v) is 8.42. The third-order valence-electron chi connectivity index (χ3n) is 4.39. The number of benzene rings is 1. The summed E-state index contributed by atoms with van der Waals surface area (Å²) in [5.74, 6) is -3.62. The lowest BCUT2D eigenvalue weighted by molar-refractivity contribution is 0.0307. The van der Waals surface area contributed by atoms with Crippen molar-refractivity contribution in [2.75, 3.05) is 0 Å². The maximum Gasteiger partial charge on any atom is 0.333 e. The second-order valence-electron chi connectivity index (χ2n) is 6.33. The van der Waals surface area contributed by atoms with E-state index in [4.69, 9.17) is 4.52 Å². The number of rotatable bonds is 3. The third-order valence-corrected chi connectivity index (χ3v) is 4.39. The predicted octanol–water partition coefficient (Wildman–Crippen LogP) is 3.78. The number of pyridine rings is 1. The Hall–Kier alpha value is -3.75. The van der Waals surface area contributed by atoms with Crippen LogP contribution in [0.25, 0.3) is 28.0 Å². The van der Waals surface area contributed by atoms with Crippen molar-refractivity contribution in [3.8, 4) is 11.5 Å². The summed E-state index contributed by atoms with van der Waals surface area (Å²) in [5, 5.41) is 16.2. The molecule has 0 radical (unpaired) electrons. The smallest absolute Gasteiger partial charge is 0.333 e. The zero-order valence-electron chi connectivity index (χ0n) is 14.5. The van der Waals surface area contributed by atoms with Crippen LogP contribution in [0.5, 0.6) is 0 Å². The van der Waals surface area contributed by atoms with Gasteiger partial charge in [0.2, 0.25) is 5.82 Å². The van der Waals surface area contributed by atoms with Gasteiger partial charge in [-0.2, -0.15) is 18.4 Å². The van der Waals surface area contributed by atoms with Crippen LogP contribution in [0, 0.1) is 6.92 Å². The topological polar surface area (TPSA) is 82.0 Å². The van der Waals surface area contributed by atoms with Gasteiger partial charge in [0.1, 0.15) is 5.69 Å². The lowest BCUT2D eigenvalue weighted by atomic mass is 10.0. The van der Waals surface area contributed by atoms with Gasteiger partial charge in [-0.1, -0.05) is 17.3 Å². The van der Waals surface area contributed by atoms with Crippen LogP contribution in [-0.4, -0.2) is 30.0 Å². The van der Waals surface area contributed by atoms with Gasteiger partial charge in [-0.3, -0.25) is 4.98 Å². The van der Waals surface area contributed by atoms with Crippen LogP contribution in [0.15, 0.2) is 59.3 Å². The van der Waals surface area contributed by atoms with Gasteiger partial charge in [0.25, 0.3) is 0 Å². The Labute approximate surface area is 156 Å². The van der Waals surface area contributed by atoms with E-state index in [0.29, 0.717) is 28.1 Å². The average Bonchev–Trinajstić information content (AvgIpc) is 3.33. The summed E-state index contributed by atoms with van der Waals surface area (Å²) in [5.41, 5.74) is 1.64. The van der Waals surface area contributed by atoms with E-state index in [1.807, 2.05) is 0 Å². The van der Waals surface area contributed by atoms with Gasteiger partial charge < -0.3 is 4.52 Å². The van der Waals surface area contributed by atoms with Gasteiger partial charge in [-0.05, 0) is 37.3 Å². The normalized spacial score (nSPS) is 12.1. The van der Waals surface area contributed by atoms with Crippen LogP contribution in [0.1, 0.15) is 17.1 Å². The first-order chi connectivity index (χ1) is 13.5. The van der Waals surface area contributed by atoms with E-state index in [2.05, 4.69) is 25.4 Å². The number of aromatic nitrogens is 6. The van der Waals surface area contributed by atoms with Gasteiger partial charge in [-0.25, -0.2) is 0 Å². The third kappa shape index (κ3) is 2.51. The molecule has 7 nitrogen and oxygen atoms in total. The van der Waals surface area contributed by atoms with E-state index in [0.717, 1.165) is 4.52 Å². The fourth-order valence-corrected chi connectivity index (χ4v) is 3.00. The van der Waals surface area contributed by atoms with Crippen molar-refractivity contribution in [3.63, 3.8) is 0 Å². The summed E-state index contributed by atoms with van der Waals surface area (Å²) in [6.45, 7) is 1.76. The lowest BCUT2D eigenvalue weighted by Gasteiger charge is -2.15. The largest absolute Gasteiger partial charge is 0.354 e. The molecule has 138 valence electrons. The van der Waals surface area contributed by atoms with Crippen molar-refractivity contribution in [2.24, 2.45) is 0 Å². The second-order valence-corrected chi connectivity index (χ2v) is 6.33. The van der Waals surface area contributed by atoms with E-state index in [-0.39, 0.29) is 11.2 Å². The summed E-state index contributed by atoms with van der Waals surface area (Å²) < 4.78 is 36.8. The van der Waals surface area contributed by atoms with Crippen molar-refractivity contribution in [1.29, 1.82) is 0 Å². The van der Waals surface area contributed by atoms with Crippen molar-refractivity contribution in [2.45, 2.75) is 12.8 Å². The maximum absolute atomic E-state index is 15.3. The highest BCUT2D eigenvalue weighted by Crippen LogP contribution is 2.35. The standard InChI is InChI=1S/C19H12F2N6O/c1-11-9-16(28-26-11)15-6-7-17-23-24-18(27(17)25-15)19(20,21)13-4-5-14-12(10-13)3-2-8-22-14/h2-10H,1H3. The molecule has 9 heteroatoms. The zero-order chi connectivity index (χ0) is 19.3. The number of aryl methyl sites for hydroxylation is 1. The number of hydrogen-bond acceptors (Lipinski definition) is 6. The van der Waals surface area contributed by atoms with Crippen LogP contribution in [0.4, 0.5) is 8.78 Å². The van der Waals surface area contributed by atoms with Crippen LogP contribution < -0.4 is 0 Å². The van der Waals surface area contributed by atoms with Crippen LogP contribution in [0.2, 0.25) is 0 Å². The molecule has 4 aromatic heterocycles. The number of halogens is 2. The molecule has 0 bridgehead atoms. The Morgan fingerprint density at radius 2 is 1.93 bits per heavy atom. The highest BCUT2D eigenvalue weighted by molar-refractivity contribution is 5.79. The molecule has 0 aliphatic heterocycles. The quantitative estimate of drug-likeness (QED) is 0.475. The summed E-state index contributed by atoms with van der Waals surface area (Å²) >= 11 is 0. The van der Waals surface area contributed by atoms with Crippen LogP contribution in [-0.2, 0) is 5.92 Å². The molecule has 0 spiro atoms. The summed E-state index contributed by atoms with van der Waals surface area (Å²) in [6, 6.07) is 12.6. The molecule has 0 unspecified atom stereocenters. The highest BCUT2D eigenvalue weighted by atomic mass is 19.3. The molecule has 1 aromatic carbocycles. The molecule has 0 saturated carbocycles. The molecule has 0 aliphatic carbocycles. The Balaban J connectivity index is 1.65. The van der Waals surface area contributed by atoms with Gasteiger partial charge >= 0.3 is 5.92 Å². The van der Waals surface area contributed by atoms with Gasteiger partial charge in [0, 0.05) is 23.2 Å². The Bertz CT molecular complexity index is 1330. The summed E-state index contributed by atoms with van der Waals surface area (Å²) in [6.07, 6.45) is 1.61. The molecular weight excluding hydrogens is 366 g/mol. The van der Waals surface area contributed by atoms with E-state index >= 15 is 8.78 Å². The zero-order valence-corrected chi connectivity index (χ0v) is 14.5. The molecule has 4 heterocycles. The van der Waals surface area contributed by atoms with Gasteiger partial charge in [0.15, 0.2) is 11.4 Å². The molecule has 0 atom stereocenters. The minimum Gasteiger partial charge on any atom is -0.354 e. The number of alkyl halides is 2. The Morgan fingerprint density at radius 1 is 1.04 bits per heavy atom. The highest BCUT2D eigenvalue weighted by Gasteiger charge is 2.40. The minimum atomic E-state index is -3.41. The second kappa shape index (κ2) is 5.88. The van der Waals surface area contributed by atoms with E-state index in [1.165, 1.54) is 12.1 Å². The van der Waals surface area contributed by atoms with Crippen molar-refractivity contribution in [3.05, 3.63) is 71.8 Å². The molecule has 0 amide bonds. The number of nitrogens with zero attached hydrogens (tertiary/aromatic N) is 6. The Morgan fingerprint density at radius 3 is 2.75 bits per heavy atom. The maximum atomic E-state index is 15.3. The van der Waals surface area contributed by atoms with Crippen molar-refractivity contribution < 1.29 is 13.3 Å². The van der Waals surface area contributed by atoms with Crippen molar-refractivity contribution >= 4 is 16.6 Å². The molecule has 0 saturated heterocycles. The number of hydrogen-bond donors (Lipinski definition) is 0. The molecule has 0 N–H and O–H groups in total. The summed E-state index contributed by atoms with van der Waals surface area (Å²) in [4.78, 5) is 4.16. The molecule has 0 fully saturated rings. The fraction of sp³-hybridized carbons (Fsp3) is 0.105. The first kappa shape index (κ1) is 16.4. The molecule has 5 aromatic rings. The SMILES string of the molecule is Cc1cc(-c2ccc3nnc(C(F)(F)c4ccc5ncccc5c4)n3n2)on1. The average molecular weight is 378 g/mol. The summed E-state index contributed by atoms with van der Waals surface area (Å²) in [7, 11) is 0. The van der Waals surface area contributed by atoms with Crippen LogP contribution in [0.3, 0.4) is 0 Å².